The monoisotopic (exact) mass is 214 g/mol. The van der Waals surface area contributed by atoms with Crippen molar-refractivity contribution in [3.63, 3.8) is 0 Å². The smallest absolute Gasteiger partial charge is 0.147 e. The lowest BCUT2D eigenvalue weighted by molar-refractivity contribution is -0.138. The average Bonchev–Trinajstić information content (AvgIpc) is 2.27. The zero-order chi connectivity index (χ0) is 11.1. The summed E-state index contributed by atoms with van der Waals surface area (Å²) in [6.07, 6.45) is 5.78. The quantitative estimate of drug-likeness (QED) is 0.526. The van der Waals surface area contributed by atoms with Crippen LogP contribution in [-0.4, -0.2) is 43.9 Å². The summed E-state index contributed by atoms with van der Waals surface area (Å²) in [5.74, 6) is 0. The first-order valence-electron chi connectivity index (χ1n) is 4.98. The second-order valence-corrected chi connectivity index (χ2v) is 3.34. The zero-order valence-electron chi connectivity index (χ0n) is 8.96. The molecule has 0 fully saturated rings. The van der Waals surface area contributed by atoms with Gasteiger partial charge in [0.05, 0.1) is 12.7 Å². The minimum Gasteiger partial charge on any atom is -0.394 e. The molecule has 0 aromatic heterocycles. The fourth-order valence-corrected chi connectivity index (χ4v) is 1.46. The van der Waals surface area contributed by atoms with Crippen LogP contribution in [0.5, 0.6) is 0 Å². The van der Waals surface area contributed by atoms with Gasteiger partial charge in [-0.1, -0.05) is 18.2 Å². The number of hydrogen-bond donors (Lipinski definition) is 1. The molecule has 1 aliphatic heterocycles. The molecule has 0 aliphatic carbocycles. The van der Waals surface area contributed by atoms with Crippen molar-refractivity contribution in [3.8, 4) is 0 Å². The fourth-order valence-electron chi connectivity index (χ4n) is 1.46. The highest BCUT2D eigenvalue weighted by atomic mass is 16.7. The maximum atomic E-state index is 9.14. The van der Waals surface area contributed by atoms with Gasteiger partial charge in [0.1, 0.15) is 19.0 Å². The molecule has 0 saturated heterocycles. The molecule has 1 aliphatic rings. The minimum atomic E-state index is -0.324. The van der Waals surface area contributed by atoms with E-state index in [4.69, 9.17) is 19.3 Å². The van der Waals surface area contributed by atoms with Crippen molar-refractivity contribution >= 4 is 0 Å². The van der Waals surface area contributed by atoms with Crippen LogP contribution in [-0.2, 0) is 14.2 Å². The van der Waals surface area contributed by atoms with Crippen molar-refractivity contribution in [2.45, 2.75) is 24.7 Å². The second-order valence-electron chi connectivity index (χ2n) is 3.34. The van der Waals surface area contributed by atoms with Gasteiger partial charge in [-0.15, -0.1) is 6.58 Å². The van der Waals surface area contributed by atoms with Crippen LogP contribution in [0.15, 0.2) is 24.8 Å². The van der Waals surface area contributed by atoms with Gasteiger partial charge in [0, 0.05) is 7.11 Å². The molecule has 4 nitrogen and oxygen atoms in total. The van der Waals surface area contributed by atoms with Crippen LogP contribution in [0.4, 0.5) is 0 Å². The summed E-state index contributed by atoms with van der Waals surface area (Å²) in [6, 6.07) is 0. The van der Waals surface area contributed by atoms with E-state index in [-0.39, 0.29) is 31.7 Å². The maximum absolute atomic E-state index is 9.14. The lowest BCUT2D eigenvalue weighted by atomic mass is 10.1. The molecule has 1 N–H and O–H groups in total. The number of methoxy groups -OCH3 is 1. The highest BCUT2D eigenvalue weighted by molar-refractivity contribution is 5.04. The Hall–Kier alpha value is -0.680. The van der Waals surface area contributed by atoms with Crippen LogP contribution in [0.2, 0.25) is 0 Å². The van der Waals surface area contributed by atoms with Crippen LogP contribution in [0.25, 0.3) is 0 Å². The van der Waals surface area contributed by atoms with Crippen molar-refractivity contribution in [2.24, 2.45) is 0 Å². The Morgan fingerprint density at radius 3 is 2.93 bits per heavy atom. The molecule has 3 atom stereocenters. The fraction of sp³-hybridized carbons (Fsp3) is 0.636. The molecule has 0 radical (unpaired) electrons. The molecule has 0 aromatic carbocycles. The molecule has 4 heteroatoms. The van der Waals surface area contributed by atoms with Crippen molar-refractivity contribution < 1.29 is 19.3 Å². The van der Waals surface area contributed by atoms with Gasteiger partial charge in [-0.25, -0.2) is 0 Å². The van der Waals surface area contributed by atoms with Crippen LogP contribution in [0.3, 0.4) is 0 Å². The van der Waals surface area contributed by atoms with E-state index in [1.165, 1.54) is 0 Å². The van der Waals surface area contributed by atoms with E-state index < -0.39 is 0 Å². The Kier molecular flexibility index (Phi) is 5.57. The number of hydrogen-bond acceptors (Lipinski definition) is 4. The first-order valence-corrected chi connectivity index (χ1v) is 4.98. The lowest BCUT2D eigenvalue weighted by Gasteiger charge is -2.30. The van der Waals surface area contributed by atoms with Gasteiger partial charge < -0.3 is 19.3 Å². The molecule has 1 rings (SSSR count). The summed E-state index contributed by atoms with van der Waals surface area (Å²) in [4.78, 5) is 0. The third-order valence-corrected chi connectivity index (χ3v) is 2.19. The molecule has 0 saturated carbocycles. The third-order valence-electron chi connectivity index (χ3n) is 2.19. The van der Waals surface area contributed by atoms with Crippen LogP contribution in [0, 0.1) is 0 Å². The van der Waals surface area contributed by atoms with Gasteiger partial charge >= 0.3 is 0 Å². The summed E-state index contributed by atoms with van der Waals surface area (Å²) in [5, 5.41) is 9.14. The Morgan fingerprint density at radius 2 is 2.33 bits per heavy atom. The number of aliphatic hydroxyl groups is 1. The van der Waals surface area contributed by atoms with E-state index in [2.05, 4.69) is 6.58 Å². The van der Waals surface area contributed by atoms with Crippen LogP contribution < -0.4 is 0 Å². The van der Waals surface area contributed by atoms with E-state index in [9.17, 15) is 0 Å². The average molecular weight is 214 g/mol. The third kappa shape index (κ3) is 3.76. The Labute approximate surface area is 90.1 Å². The van der Waals surface area contributed by atoms with Crippen molar-refractivity contribution in [1.82, 2.24) is 0 Å². The maximum Gasteiger partial charge on any atom is 0.147 e. The van der Waals surface area contributed by atoms with Crippen molar-refractivity contribution in [3.05, 3.63) is 24.8 Å². The molecule has 0 spiro atoms. The van der Waals surface area contributed by atoms with Crippen LogP contribution in [0.1, 0.15) is 6.42 Å². The Balaban J connectivity index is 2.49. The predicted octanol–water partition coefficient (Wildman–Crippen LogP) is 0.867. The van der Waals surface area contributed by atoms with E-state index in [1.54, 1.807) is 13.2 Å². The van der Waals surface area contributed by atoms with E-state index in [1.807, 2.05) is 12.2 Å². The second kappa shape index (κ2) is 6.74. The summed E-state index contributed by atoms with van der Waals surface area (Å²) in [5.41, 5.74) is 0. The predicted molar refractivity (Wildman–Crippen MR) is 56.4 cm³/mol. The standard InChI is InChI=1S/C11H18O4/c1-3-4-9-5-6-10(14-8-13-2)11(7-12)15-9/h3,5-6,9-12H,1,4,7-8H2,2H3/t9-,10-,11-/m0/s1. The first kappa shape index (κ1) is 12.4. The van der Waals surface area contributed by atoms with Crippen molar-refractivity contribution in [1.29, 1.82) is 0 Å². The normalized spacial score (nSPS) is 30.4. The van der Waals surface area contributed by atoms with E-state index >= 15 is 0 Å². The van der Waals surface area contributed by atoms with Gasteiger partial charge in [-0.3, -0.25) is 0 Å². The van der Waals surface area contributed by atoms with Gasteiger partial charge in [0.15, 0.2) is 0 Å². The summed E-state index contributed by atoms with van der Waals surface area (Å²) >= 11 is 0. The molecular formula is C11H18O4. The zero-order valence-corrected chi connectivity index (χ0v) is 8.96. The molecule has 0 amide bonds. The molecule has 1 heterocycles. The Morgan fingerprint density at radius 1 is 1.53 bits per heavy atom. The number of rotatable bonds is 6. The molecule has 0 aromatic rings. The Bertz CT molecular complexity index is 215. The van der Waals surface area contributed by atoms with Crippen LogP contribution >= 0.6 is 0 Å². The minimum absolute atomic E-state index is 0.0120. The van der Waals surface area contributed by atoms with E-state index in [0.29, 0.717) is 0 Å². The van der Waals surface area contributed by atoms with Gasteiger partial charge in [-0.05, 0) is 6.42 Å². The summed E-state index contributed by atoms with van der Waals surface area (Å²) in [6.45, 7) is 3.78. The largest absolute Gasteiger partial charge is 0.394 e. The van der Waals surface area contributed by atoms with Gasteiger partial charge in [-0.2, -0.15) is 0 Å². The first-order chi connectivity index (χ1) is 7.31. The molecule has 86 valence electrons. The topological polar surface area (TPSA) is 47.9 Å². The SMILES string of the molecule is C=CC[C@H]1C=C[C@H](OCOC)[C@H](CO)O1. The van der Waals surface area contributed by atoms with Gasteiger partial charge in [0.25, 0.3) is 0 Å². The molecular weight excluding hydrogens is 196 g/mol. The summed E-state index contributed by atoms with van der Waals surface area (Å²) in [7, 11) is 1.56. The van der Waals surface area contributed by atoms with E-state index in [0.717, 1.165) is 6.42 Å². The highest BCUT2D eigenvalue weighted by Gasteiger charge is 2.26. The summed E-state index contributed by atoms with van der Waals surface area (Å²) < 4.78 is 15.7. The lowest BCUT2D eigenvalue weighted by Crippen LogP contribution is -2.39. The molecule has 15 heavy (non-hydrogen) atoms. The van der Waals surface area contributed by atoms with Crippen molar-refractivity contribution in [2.75, 3.05) is 20.5 Å². The number of aliphatic hydroxyl groups excluding tert-OH is 1. The van der Waals surface area contributed by atoms with Gasteiger partial charge in [0.2, 0.25) is 0 Å². The molecule has 0 bridgehead atoms. The number of ether oxygens (including phenoxy) is 3. The molecule has 0 unspecified atom stereocenters. The highest BCUT2D eigenvalue weighted by Crippen LogP contribution is 2.17.